The summed E-state index contributed by atoms with van der Waals surface area (Å²) in [6.07, 6.45) is 3.65. The highest BCUT2D eigenvalue weighted by atomic mass is 15.2. The van der Waals surface area contributed by atoms with Gasteiger partial charge in [0.2, 0.25) is 5.69 Å². The summed E-state index contributed by atoms with van der Waals surface area (Å²) in [7, 11) is 1.97. The molecule has 0 N–H and O–H groups in total. The van der Waals surface area contributed by atoms with Crippen LogP contribution in [-0.2, 0) is 7.05 Å². The lowest BCUT2D eigenvalue weighted by Crippen LogP contribution is -2.35. The number of hydrogen-bond acceptors (Lipinski definition) is 1. The Morgan fingerprint density at radius 3 is 2.75 bits per heavy atom. The molecular weight excluding hydrogens is 244 g/mol. The molecule has 3 aromatic rings. The van der Waals surface area contributed by atoms with Gasteiger partial charge in [-0.3, -0.25) is 0 Å². The molecule has 0 saturated carbocycles. The van der Waals surface area contributed by atoms with Crippen LogP contribution in [0.4, 0.5) is 0 Å². The van der Waals surface area contributed by atoms with Crippen molar-refractivity contribution in [3.63, 3.8) is 0 Å². The fraction of sp³-hybridized carbons (Fsp3) is 0.111. The first kappa shape index (κ1) is 12.5. The van der Waals surface area contributed by atoms with Crippen LogP contribution in [0.1, 0.15) is 11.1 Å². The maximum Gasteiger partial charge on any atom is 0.239 e. The second kappa shape index (κ2) is 4.89. The van der Waals surface area contributed by atoms with Crippen LogP contribution in [0.3, 0.4) is 0 Å². The number of rotatable bonds is 2. The average Bonchev–Trinajstić information content (AvgIpc) is 2.49. The topological polar surface area (TPSA) is 16.8 Å². The second-order valence-electron chi connectivity index (χ2n) is 4.96. The highest BCUT2D eigenvalue weighted by Gasteiger charge is 2.15. The van der Waals surface area contributed by atoms with Crippen molar-refractivity contribution in [3.05, 3.63) is 66.4 Å². The van der Waals surface area contributed by atoms with Crippen molar-refractivity contribution in [2.45, 2.75) is 6.92 Å². The summed E-state index contributed by atoms with van der Waals surface area (Å²) in [6, 6.07) is 14.9. The molecule has 98 valence electrons. The van der Waals surface area contributed by atoms with Gasteiger partial charge in [0.15, 0.2) is 7.05 Å². The minimum atomic E-state index is 1.03. The Labute approximate surface area is 119 Å². The minimum Gasteiger partial charge on any atom is -0.0984 e. The molecule has 3 rings (SSSR count). The van der Waals surface area contributed by atoms with E-state index in [4.69, 9.17) is 0 Å². The first-order chi connectivity index (χ1) is 9.70. The fourth-order valence-electron chi connectivity index (χ4n) is 2.57. The summed E-state index contributed by atoms with van der Waals surface area (Å²) in [5.41, 5.74) is 4.63. The minimum absolute atomic E-state index is 1.03. The molecule has 0 saturated heterocycles. The number of fused-ring (bicyclic) bond motifs is 1. The monoisotopic (exact) mass is 261 g/mol. The summed E-state index contributed by atoms with van der Waals surface area (Å²) < 4.78 is 1.91. The van der Waals surface area contributed by atoms with E-state index < -0.39 is 0 Å². The van der Waals surface area contributed by atoms with Gasteiger partial charge in [-0.05, 0) is 34.4 Å². The molecule has 0 aliphatic carbocycles. The lowest BCUT2D eigenvalue weighted by molar-refractivity contribution is -0.720. The third-order valence-corrected chi connectivity index (χ3v) is 3.74. The molecule has 2 heteroatoms. The fourth-order valence-corrected chi connectivity index (χ4v) is 2.57. The van der Waals surface area contributed by atoms with E-state index in [1.807, 2.05) is 24.0 Å². The summed E-state index contributed by atoms with van der Waals surface area (Å²) in [4.78, 5) is 0. The van der Waals surface area contributed by atoms with Crippen LogP contribution >= 0.6 is 0 Å². The summed E-state index contributed by atoms with van der Waals surface area (Å²) >= 11 is 0. The van der Waals surface area contributed by atoms with Crippen molar-refractivity contribution in [2.24, 2.45) is 7.05 Å². The van der Waals surface area contributed by atoms with Crippen LogP contribution in [-0.4, -0.2) is 5.10 Å². The van der Waals surface area contributed by atoms with Crippen LogP contribution in [0.2, 0.25) is 0 Å². The van der Waals surface area contributed by atoms with Gasteiger partial charge in [-0.15, -0.1) is 0 Å². The zero-order chi connectivity index (χ0) is 14.1. The van der Waals surface area contributed by atoms with Gasteiger partial charge in [0.05, 0.1) is 5.56 Å². The maximum atomic E-state index is 4.39. The Kier molecular flexibility index (Phi) is 3.07. The predicted molar refractivity (Wildman–Crippen MR) is 83.2 cm³/mol. The van der Waals surface area contributed by atoms with Crippen molar-refractivity contribution >= 4 is 16.8 Å². The van der Waals surface area contributed by atoms with E-state index in [-0.39, 0.29) is 0 Å². The normalized spacial score (nSPS) is 10.7. The van der Waals surface area contributed by atoms with Crippen LogP contribution in [0.25, 0.3) is 28.1 Å². The van der Waals surface area contributed by atoms with E-state index in [9.17, 15) is 0 Å². The zero-order valence-electron chi connectivity index (χ0n) is 11.8. The van der Waals surface area contributed by atoms with Crippen molar-refractivity contribution in [1.82, 2.24) is 5.10 Å². The highest BCUT2D eigenvalue weighted by Crippen LogP contribution is 2.28. The third kappa shape index (κ3) is 1.99. The maximum absolute atomic E-state index is 4.39. The average molecular weight is 261 g/mol. The molecule has 20 heavy (non-hydrogen) atoms. The highest BCUT2D eigenvalue weighted by molar-refractivity contribution is 5.90. The van der Waals surface area contributed by atoms with Gasteiger partial charge in [0.1, 0.15) is 6.20 Å². The number of aryl methyl sites for hydroxylation is 2. The van der Waals surface area contributed by atoms with Crippen LogP contribution < -0.4 is 4.68 Å². The first-order valence-electron chi connectivity index (χ1n) is 6.68. The van der Waals surface area contributed by atoms with Crippen molar-refractivity contribution in [1.29, 1.82) is 0 Å². The lowest BCUT2D eigenvalue weighted by Gasteiger charge is -2.07. The SMILES string of the molecule is C=Cc1cn[n+](C)c(-c2ccc3ccccc3c2C)c1. The molecule has 0 atom stereocenters. The Morgan fingerprint density at radius 1 is 1.15 bits per heavy atom. The Bertz CT molecular complexity index is 804. The Hall–Kier alpha value is -2.48. The van der Waals surface area contributed by atoms with Crippen molar-refractivity contribution in [3.8, 4) is 11.3 Å². The van der Waals surface area contributed by atoms with Crippen LogP contribution in [0.5, 0.6) is 0 Å². The van der Waals surface area contributed by atoms with E-state index in [1.165, 1.54) is 21.9 Å². The summed E-state index contributed by atoms with van der Waals surface area (Å²) in [5.74, 6) is 0. The molecule has 0 bridgehead atoms. The molecule has 2 nitrogen and oxygen atoms in total. The first-order valence-corrected chi connectivity index (χ1v) is 6.68. The predicted octanol–water partition coefficient (Wildman–Crippen LogP) is 3.68. The lowest BCUT2D eigenvalue weighted by atomic mass is 9.97. The van der Waals surface area contributed by atoms with E-state index in [0.29, 0.717) is 0 Å². The summed E-state index contributed by atoms with van der Waals surface area (Å²) in [5, 5.41) is 6.95. The Morgan fingerprint density at radius 2 is 1.95 bits per heavy atom. The molecular formula is C18H17N2+. The molecule has 0 spiro atoms. The van der Waals surface area contributed by atoms with Gasteiger partial charge in [0, 0.05) is 11.6 Å². The van der Waals surface area contributed by atoms with E-state index in [2.05, 4.69) is 61.1 Å². The molecule has 2 aromatic carbocycles. The van der Waals surface area contributed by atoms with Crippen LogP contribution in [0.15, 0.2) is 55.2 Å². The quantitative estimate of drug-likeness (QED) is 0.643. The van der Waals surface area contributed by atoms with Gasteiger partial charge < -0.3 is 0 Å². The number of benzene rings is 2. The summed E-state index contributed by atoms with van der Waals surface area (Å²) in [6.45, 7) is 5.98. The molecule has 0 fully saturated rings. The van der Waals surface area contributed by atoms with Gasteiger partial charge >= 0.3 is 0 Å². The van der Waals surface area contributed by atoms with Gasteiger partial charge in [-0.1, -0.05) is 47.7 Å². The molecule has 0 aliphatic rings. The van der Waals surface area contributed by atoms with Gasteiger partial charge in [-0.2, -0.15) is 0 Å². The molecule has 0 aliphatic heterocycles. The van der Waals surface area contributed by atoms with Crippen LogP contribution in [0, 0.1) is 6.92 Å². The smallest absolute Gasteiger partial charge is 0.0984 e. The van der Waals surface area contributed by atoms with E-state index in [1.54, 1.807) is 0 Å². The van der Waals surface area contributed by atoms with Gasteiger partial charge in [-0.25, -0.2) is 0 Å². The Balaban J connectivity index is 2.29. The number of nitrogens with zero attached hydrogens (tertiary/aromatic N) is 2. The molecule has 0 amide bonds. The third-order valence-electron chi connectivity index (χ3n) is 3.74. The molecule has 0 unspecified atom stereocenters. The number of hydrogen-bond donors (Lipinski definition) is 0. The molecule has 1 heterocycles. The standard InChI is InChI=1S/C18H17N2/c1-4-14-11-18(20(3)19-12-14)17-10-9-15-7-5-6-8-16(15)13(17)2/h4-12H,1H2,2-3H3/q+1. The van der Waals surface area contributed by atoms with E-state index in [0.717, 1.165) is 11.3 Å². The second-order valence-corrected chi connectivity index (χ2v) is 4.96. The van der Waals surface area contributed by atoms with E-state index >= 15 is 0 Å². The molecule has 1 aromatic heterocycles. The molecule has 0 radical (unpaired) electrons. The van der Waals surface area contributed by atoms with Crippen molar-refractivity contribution in [2.75, 3.05) is 0 Å². The zero-order valence-corrected chi connectivity index (χ0v) is 11.8. The van der Waals surface area contributed by atoms with Gasteiger partial charge in [0.25, 0.3) is 0 Å². The number of aromatic nitrogens is 2. The van der Waals surface area contributed by atoms with Crippen molar-refractivity contribution < 1.29 is 4.68 Å². The largest absolute Gasteiger partial charge is 0.239 e.